The zero-order chi connectivity index (χ0) is 18.5. The maximum atomic E-state index is 12.1. The largest absolute Gasteiger partial charge is 0.388 e. The third-order valence-corrected chi connectivity index (χ3v) is 5.11. The molecule has 1 saturated carbocycles. The van der Waals surface area contributed by atoms with Crippen LogP contribution in [0.15, 0.2) is 30.3 Å². The molecule has 142 valence electrons. The number of anilines is 1. The van der Waals surface area contributed by atoms with Gasteiger partial charge >= 0.3 is 0 Å². The van der Waals surface area contributed by atoms with Gasteiger partial charge in [-0.25, -0.2) is 0 Å². The van der Waals surface area contributed by atoms with E-state index in [1.807, 2.05) is 18.2 Å². The highest BCUT2D eigenvalue weighted by atomic mass is 16.5. The summed E-state index contributed by atoms with van der Waals surface area (Å²) in [4.78, 5) is 24.2. The molecule has 1 aliphatic carbocycles. The molecule has 0 radical (unpaired) electrons. The van der Waals surface area contributed by atoms with Gasteiger partial charge < -0.3 is 25.6 Å². The molecule has 0 unspecified atom stereocenters. The van der Waals surface area contributed by atoms with E-state index in [0.717, 1.165) is 25.7 Å². The van der Waals surface area contributed by atoms with Crippen LogP contribution < -0.4 is 10.6 Å². The lowest BCUT2D eigenvalue weighted by atomic mass is 10.0. The first-order valence-electron chi connectivity index (χ1n) is 9.19. The maximum Gasteiger partial charge on any atom is 0.227 e. The minimum absolute atomic E-state index is 0.0296. The van der Waals surface area contributed by atoms with E-state index in [-0.39, 0.29) is 30.7 Å². The molecule has 1 aliphatic heterocycles. The van der Waals surface area contributed by atoms with Crippen molar-refractivity contribution < 1.29 is 24.5 Å². The molecule has 1 heterocycles. The normalized spacial score (nSPS) is 28.8. The van der Waals surface area contributed by atoms with Crippen LogP contribution in [0.1, 0.15) is 32.1 Å². The lowest BCUT2D eigenvalue weighted by molar-refractivity contribution is -0.126. The van der Waals surface area contributed by atoms with Gasteiger partial charge in [-0.05, 0) is 25.0 Å². The molecular formula is C19H26N2O5. The summed E-state index contributed by atoms with van der Waals surface area (Å²) in [6, 6.07) is 8.99. The Balaban J connectivity index is 1.47. The molecule has 3 rings (SSSR count). The Kier molecular flexibility index (Phi) is 6.24. The zero-order valence-electron chi connectivity index (χ0n) is 14.6. The molecule has 7 nitrogen and oxygen atoms in total. The lowest BCUT2D eigenvalue weighted by Crippen LogP contribution is -2.41. The summed E-state index contributed by atoms with van der Waals surface area (Å²) in [6.45, 7) is 0.129. The molecule has 0 bridgehead atoms. The van der Waals surface area contributed by atoms with Crippen molar-refractivity contribution >= 4 is 17.5 Å². The summed E-state index contributed by atoms with van der Waals surface area (Å²) in [5.74, 6) is -0.299. The van der Waals surface area contributed by atoms with Crippen molar-refractivity contribution in [3.8, 4) is 0 Å². The fourth-order valence-corrected chi connectivity index (χ4v) is 3.61. The smallest absolute Gasteiger partial charge is 0.227 e. The first-order chi connectivity index (χ1) is 12.5. The summed E-state index contributed by atoms with van der Waals surface area (Å²) >= 11 is 0. The standard InChI is InChI=1S/C19H26N2O5/c22-16(21-13-8-2-1-3-9-13)10-14-17(23)18(24)15(26-14)11-20-19(25)12-6-4-5-7-12/h1-3,8-9,12,14-15,17-18,23-24H,4-7,10-11H2,(H,20,25)(H,21,22)/t14-,15-,17+,18-/m1/s1. The van der Waals surface area contributed by atoms with E-state index in [1.54, 1.807) is 12.1 Å². The van der Waals surface area contributed by atoms with Crippen LogP contribution in [-0.2, 0) is 14.3 Å². The van der Waals surface area contributed by atoms with E-state index in [2.05, 4.69) is 10.6 Å². The average Bonchev–Trinajstić information content (AvgIpc) is 3.26. The van der Waals surface area contributed by atoms with Crippen molar-refractivity contribution in [1.29, 1.82) is 0 Å². The predicted molar refractivity (Wildman–Crippen MR) is 95.3 cm³/mol. The Hall–Kier alpha value is -1.96. The van der Waals surface area contributed by atoms with Gasteiger partial charge in [-0.3, -0.25) is 9.59 Å². The van der Waals surface area contributed by atoms with E-state index in [9.17, 15) is 19.8 Å². The van der Waals surface area contributed by atoms with Crippen LogP contribution in [0.3, 0.4) is 0 Å². The monoisotopic (exact) mass is 362 g/mol. The van der Waals surface area contributed by atoms with Gasteiger partial charge in [0.1, 0.15) is 18.3 Å². The Morgan fingerprint density at radius 2 is 1.69 bits per heavy atom. The average molecular weight is 362 g/mol. The number of nitrogens with one attached hydrogen (secondary N) is 2. The molecule has 2 amide bonds. The number of amides is 2. The number of aliphatic hydroxyl groups excluding tert-OH is 2. The minimum Gasteiger partial charge on any atom is -0.388 e. The molecule has 4 N–H and O–H groups in total. The van der Waals surface area contributed by atoms with Gasteiger partial charge in [-0.1, -0.05) is 31.0 Å². The van der Waals surface area contributed by atoms with Crippen LogP contribution in [0.4, 0.5) is 5.69 Å². The van der Waals surface area contributed by atoms with Gasteiger partial charge in [0.05, 0.1) is 12.5 Å². The number of hydrogen-bond acceptors (Lipinski definition) is 5. The number of para-hydroxylation sites is 1. The number of carbonyl (C=O) groups excluding carboxylic acids is 2. The van der Waals surface area contributed by atoms with Crippen molar-refractivity contribution in [2.45, 2.75) is 56.5 Å². The molecular weight excluding hydrogens is 336 g/mol. The highest BCUT2D eigenvalue weighted by Crippen LogP contribution is 2.26. The topological polar surface area (TPSA) is 108 Å². The lowest BCUT2D eigenvalue weighted by Gasteiger charge is -2.17. The SMILES string of the molecule is O=C(C[C@H]1O[C@H](CNC(=O)C2CCCC2)[C@@H](O)[C@H]1O)Nc1ccccc1. The number of aliphatic hydroxyl groups is 2. The van der Waals surface area contributed by atoms with Gasteiger partial charge in [0.15, 0.2) is 0 Å². The fourth-order valence-electron chi connectivity index (χ4n) is 3.61. The highest BCUT2D eigenvalue weighted by molar-refractivity contribution is 5.91. The van der Waals surface area contributed by atoms with E-state index < -0.39 is 24.4 Å². The van der Waals surface area contributed by atoms with Crippen LogP contribution in [0.25, 0.3) is 0 Å². The summed E-state index contributed by atoms with van der Waals surface area (Å²) in [5.41, 5.74) is 0.658. The zero-order valence-corrected chi connectivity index (χ0v) is 14.6. The molecule has 7 heteroatoms. The van der Waals surface area contributed by atoms with Crippen LogP contribution in [0.5, 0.6) is 0 Å². The molecule has 1 aromatic carbocycles. The van der Waals surface area contributed by atoms with Crippen molar-refractivity contribution in [2.75, 3.05) is 11.9 Å². The number of carbonyl (C=O) groups is 2. The fraction of sp³-hybridized carbons (Fsp3) is 0.579. The van der Waals surface area contributed by atoms with Gasteiger partial charge in [-0.15, -0.1) is 0 Å². The van der Waals surface area contributed by atoms with Gasteiger partial charge in [0.25, 0.3) is 0 Å². The first kappa shape index (κ1) is 18.8. The summed E-state index contributed by atoms with van der Waals surface area (Å²) in [5, 5.41) is 25.8. The third-order valence-electron chi connectivity index (χ3n) is 5.11. The Labute approximate surface area is 152 Å². The Bertz CT molecular complexity index is 618. The van der Waals surface area contributed by atoms with Crippen LogP contribution >= 0.6 is 0 Å². The Morgan fingerprint density at radius 3 is 2.38 bits per heavy atom. The number of benzene rings is 1. The minimum atomic E-state index is -1.16. The van der Waals surface area contributed by atoms with Crippen molar-refractivity contribution in [2.24, 2.45) is 5.92 Å². The second kappa shape index (κ2) is 8.62. The van der Waals surface area contributed by atoms with Gasteiger partial charge in [0.2, 0.25) is 11.8 Å². The second-order valence-electron chi connectivity index (χ2n) is 7.04. The van der Waals surface area contributed by atoms with Crippen LogP contribution in [0.2, 0.25) is 0 Å². The van der Waals surface area contributed by atoms with E-state index in [1.165, 1.54) is 0 Å². The number of hydrogen-bond donors (Lipinski definition) is 4. The van der Waals surface area contributed by atoms with Gasteiger partial charge in [0, 0.05) is 18.2 Å². The highest BCUT2D eigenvalue weighted by Gasteiger charge is 2.43. The van der Waals surface area contributed by atoms with Crippen molar-refractivity contribution in [3.05, 3.63) is 30.3 Å². The molecule has 1 saturated heterocycles. The van der Waals surface area contributed by atoms with E-state index >= 15 is 0 Å². The molecule has 26 heavy (non-hydrogen) atoms. The molecule has 4 atom stereocenters. The van der Waals surface area contributed by atoms with Crippen LogP contribution in [-0.4, -0.2) is 53.0 Å². The third kappa shape index (κ3) is 4.60. The van der Waals surface area contributed by atoms with Crippen molar-refractivity contribution in [1.82, 2.24) is 5.32 Å². The summed E-state index contributed by atoms with van der Waals surface area (Å²) in [6.07, 6.45) is 0.0384. The van der Waals surface area contributed by atoms with E-state index in [0.29, 0.717) is 5.69 Å². The van der Waals surface area contributed by atoms with Crippen molar-refractivity contribution in [3.63, 3.8) is 0 Å². The summed E-state index contributed by atoms with van der Waals surface area (Å²) in [7, 11) is 0. The maximum absolute atomic E-state index is 12.1. The first-order valence-corrected chi connectivity index (χ1v) is 9.19. The van der Waals surface area contributed by atoms with Crippen LogP contribution in [0, 0.1) is 5.92 Å². The number of rotatable bonds is 6. The Morgan fingerprint density at radius 1 is 1.04 bits per heavy atom. The molecule has 0 aromatic heterocycles. The molecule has 2 fully saturated rings. The predicted octanol–water partition coefficient (Wildman–Crippen LogP) is 0.811. The second-order valence-corrected chi connectivity index (χ2v) is 7.04. The molecule has 0 spiro atoms. The molecule has 2 aliphatic rings. The quantitative estimate of drug-likeness (QED) is 0.599. The summed E-state index contributed by atoms with van der Waals surface area (Å²) < 4.78 is 5.63. The molecule has 1 aromatic rings. The van der Waals surface area contributed by atoms with Gasteiger partial charge in [-0.2, -0.15) is 0 Å². The number of ether oxygens (including phenoxy) is 1. The van der Waals surface area contributed by atoms with E-state index in [4.69, 9.17) is 4.74 Å².